The van der Waals surface area contributed by atoms with Crippen molar-refractivity contribution >= 4 is 10.0 Å². The number of rotatable bonds is 5. The Bertz CT molecular complexity index is 475. The van der Waals surface area contributed by atoms with Crippen molar-refractivity contribution in [3.63, 3.8) is 0 Å². The van der Waals surface area contributed by atoms with Gasteiger partial charge in [0.25, 0.3) is 0 Å². The summed E-state index contributed by atoms with van der Waals surface area (Å²) >= 11 is 0. The zero-order chi connectivity index (χ0) is 13.0. The van der Waals surface area contributed by atoms with Crippen LogP contribution in [0.15, 0.2) is 29.2 Å². The minimum absolute atomic E-state index is 0.293. The third-order valence-corrected chi connectivity index (χ3v) is 4.85. The van der Waals surface area contributed by atoms with Crippen LogP contribution in [0.1, 0.15) is 25.7 Å². The van der Waals surface area contributed by atoms with Crippen LogP contribution in [-0.2, 0) is 10.0 Å². The largest absolute Gasteiger partial charge is 0.497 e. The minimum atomic E-state index is -3.38. The lowest BCUT2D eigenvalue weighted by molar-refractivity contribution is 0.414. The molecule has 100 valence electrons. The van der Waals surface area contributed by atoms with Gasteiger partial charge in [0, 0.05) is 6.54 Å². The first-order chi connectivity index (χ1) is 8.62. The molecule has 1 aromatic rings. The molecule has 1 N–H and O–H groups in total. The molecule has 1 aliphatic carbocycles. The maximum Gasteiger partial charge on any atom is 0.240 e. The van der Waals surface area contributed by atoms with E-state index in [1.54, 1.807) is 31.4 Å². The fourth-order valence-corrected chi connectivity index (χ4v) is 3.40. The normalized spacial score (nSPS) is 16.9. The minimum Gasteiger partial charge on any atom is -0.497 e. The number of hydrogen-bond acceptors (Lipinski definition) is 3. The van der Waals surface area contributed by atoms with Gasteiger partial charge >= 0.3 is 0 Å². The number of ether oxygens (including phenoxy) is 1. The number of benzene rings is 1. The van der Waals surface area contributed by atoms with Gasteiger partial charge in [-0.2, -0.15) is 0 Å². The molecule has 2 rings (SSSR count). The highest BCUT2D eigenvalue weighted by molar-refractivity contribution is 7.89. The maximum atomic E-state index is 12.0. The summed E-state index contributed by atoms with van der Waals surface area (Å²) in [6, 6.07) is 6.44. The molecule has 0 aliphatic heterocycles. The van der Waals surface area contributed by atoms with E-state index in [9.17, 15) is 8.42 Å². The van der Waals surface area contributed by atoms with Crippen molar-refractivity contribution in [2.45, 2.75) is 30.6 Å². The Morgan fingerprint density at radius 2 is 1.83 bits per heavy atom. The summed E-state index contributed by atoms with van der Waals surface area (Å²) < 4.78 is 31.8. The maximum absolute atomic E-state index is 12.0. The molecule has 0 radical (unpaired) electrons. The van der Waals surface area contributed by atoms with Crippen molar-refractivity contribution in [3.05, 3.63) is 24.3 Å². The summed E-state index contributed by atoms with van der Waals surface area (Å²) in [5, 5.41) is 0. The van der Waals surface area contributed by atoms with E-state index in [0.717, 1.165) is 12.8 Å². The molecule has 0 unspecified atom stereocenters. The summed E-state index contributed by atoms with van der Waals surface area (Å²) in [6.07, 6.45) is 4.69. The second kappa shape index (κ2) is 5.71. The Balaban J connectivity index is 2.00. The standard InChI is InChI=1S/C13H19NO3S/c1-17-12-6-8-13(9-7-12)18(15,16)14-10-11-4-2-3-5-11/h6-9,11,14H,2-5,10H2,1H3. The van der Waals surface area contributed by atoms with Crippen LogP contribution in [0.25, 0.3) is 0 Å². The molecule has 0 amide bonds. The third kappa shape index (κ3) is 3.23. The van der Waals surface area contributed by atoms with Gasteiger partial charge in [0.1, 0.15) is 5.75 Å². The van der Waals surface area contributed by atoms with Crippen LogP contribution in [0.5, 0.6) is 5.75 Å². The molecule has 18 heavy (non-hydrogen) atoms. The highest BCUT2D eigenvalue weighted by Crippen LogP contribution is 2.24. The molecule has 1 aromatic carbocycles. The molecule has 0 saturated heterocycles. The molecule has 0 atom stereocenters. The first-order valence-corrected chi connectivity index (χ1v) is 7.74. The van der Waals surface area contributed by atoms with E-state index < -0.39 is 10.0 Å². The van der Waals surface area contributed by atoms with E-state index >= 15 is 0 Å². The van der Waals surface area contributed by atoms with Gasteiger partial charge in [0.15, 0.2) is 0 Å². The van der Waals surface area contributed by atoms with E-state index in [4.69, 9.17) is 4.74 Å². The average Bonchev–Trinajstić information content (AvgIpc) is 2.90. The first-order valence-electron chi connectivity index (χ1n) is 6.25. The molecule has 0 spiro atoms. The van der Waals surface area contributed by atoms with Crippen LogP contribution in [0.4, 0.5) is 0 Å². The van der Waals surface area contributed by atoms with Gasteiger partial charge in [-0.05, 0) is 43.0 Å². The summed E-state index contributed by atoms with van der Waals surface area (Å²) in [5.41, 5.74) is 0. The Morgan fingerprint density at radius 3 is 2.39 bits per heavy atom. The predicted molar refractivity (Wildman–Crippen MR) is 70.1 cm³/mol. The van der Waals surface area contributed by atoms with Crippen LogP contribution in [-0.4, -0.2) is 22.1 Å². The predicted octanol–water partition coefficient (Wildman–Crippen LogP) is 2.16. The Morgan fingerprint density at radius 1 is 1.22 bits per heavy atom. The van der Waals surface area contributed by atoms with Crippen molar-refractivity contribution < 1.29 is 13.2 Å². The molecule has 1 fully saturated rings. The topological polar surface area (TPSA) is 55.4 Å². The molecule has 5 heteroatoms. The van der Waals surface area contributed by atoms with Gasteiger partial charge in [0.05, 0.1) is 12.0 Å². The van der Waals surface area contributed by atoms with Crippen LogP contribution < -0.4 is 9.46 Å². The number of nitrogens with one attached hydrogen (secondary N) is 1. The molecule has 0 bridgehead atoms. The van der Waals surface area contributed by atoms with Crippen molar-refractivity contribution in [1.29, 1.82) is 0 Å². The molecular formula is C13H19NO3S. The fraction of sp³-hybridized carbons (Fsp3) is 0.538. The quantitative estimate of drug-likeness (QED) is 0.891. The van der Waals surface area contributed by atoms with Gasteiger partial charge in [-0.3, -0.25) is 0 Å². The van der Waals surface area contributed by atoms with E-state index in [1.807, 2.05) is 0 Å². The van der Waals surface area contributed by atoms with Crippen molar-refractivity contribution in [3.8, 4) is 5.75 Å². The molecule has 4 nitrogen and oxygen atoms in total. The highest BCUT2D eigenvalue weighted by atomic mass is 32.2. The van der Waals surface area contributed by atoms with Crippen LogP contribution >= 0.6 is 0 Å². The van der Waals surface area contributed by atoms with E-state index in [-0.39, 0.29) is 0 Å². The lowest BCUT2D eigenvalue weighted by Crippen LogP contribution is -2.28. The third-order valence-electron chi connectivity index (χ3n) is 3.41. The van der Waals surface area contributed by atoms with Crippen molar-refractivity contribution in [1.82, 2.24) is 4.72 Å². The molecule has 0 heterocycles. The van der Waals surface area contributed by atoms with Gasteiger partial charge in [-0.25, -0.2) is 13.1 Å². The monoisotopic (exact) mass is 269 g/mol. The average molecular weight is 269 g/mol. The van der Waals surface area contributed by atoms with E-state index in [0.29, 0.717) is 23.1 Å². The van der Waals surface area contributed by atoms with Crippen LogP contribution in [0, 0.1) is 5.92 Å². The molecule has 1 aliphatic rings. The van der Waals surface area contributed by atoms with Crippen molar-refractivity contribution in [2.75, 3.05) is 13.7 Å². The Kier molecular flexibility index (Phi) is 4.24. The lowest BCUT2D eigenvalue weighted by atomic mass is 10.1. The van der Waals surface area contributed by atoms with Gasteiger partial charge < -0.3 is 4.74 Å². The zero-order valence-corrected chi connectivity index (χ0v) is 11.4. The van der Waals surface area contributed by atoms with Gasteiger partial charge in [0.2, 0.25) is 10.0 Å². The molecule has 0 aromatic heterocycles. The summed E-state index contributed by atoms with van der Waals surface area (Å²) in [4.78, 5) is 0.293. The summed E-state index contributed by atoms with van der Waals surface area (Å²) in [6.45, 7) is 0.550. The fourth-order valence-electron chi connectivity index (χ4n) is 2.28. The van der Waals surface area contributed by atoms with Gasteiger partial charge in [-0.15, -0.1) is 0 Å². The second-order valence-corrected chi connectivity index (χ2v) is 6.44. The first kappa shape index (κ1) is 13.4. The van der Waals surface area contributed by atoms with E-state index in [2.05, 4.69) is 4.72 Å². The lowest BCUT2D eigenvalue weighted by Gasteiger charge is -2.11. The Hall–Kier alpha value is -1.07. The van der Waals surface area contributed by atoms with E-state index in [1.165, 1.54) is 12.8 Å². The number of hydrogen-bond donors (Lipinski definition) is 1. The second-order valence-electron chi connectivity index (χ2n) is 4.68. The summed E-state index contributed by atoms with van der Waals surface area (Å²) in [7, 11) is -1.82. The smallest absolute Gasteiger partial charge is 0.240 e. The number of methoxy groups -OCH3 is 1. The molecule has 1 saturated carbocycles. The SMILES string of the molecule is COc1ccc(S(=O)(=O)NCC2CCCC2)cc1. The zero-order valence-electron chi connectivity index (χ0n) is 10.6. The Labute approximate surface area is 108 Å². The van der Waals surface area contributed by atoms with Crippen LogP contribution in [0.3, 0.4) is 0 Å². The molecular weight excluding hydrogens is 250 g/mol. The van der Waals surface area contributed by atoms with Crippen molar-refractivity contribution in [2.24, 2.45) is 5.92 Å². The summed E-state index contributed by atoms with van der Waals surface area (Å²) in [5.74, 6) is 1.16. The van der Waals surface area contributed by atoms with Gasteiger partial charge in [-0.1, -0.05) is 12.8 Å². The highest BCUT2D eigenvalue weighted by Gasteiger charge is 2.19. The number of sulfonamides is 1. The van der Waals surface area contributed by atoms with Crippen LogP contribution in [0.2, 0.25) is 0 Å².